The van der Waals surface area contributed by atoms with Crippen molar-refractivity contribution in [2.45, 2.75) is 33.5 Å². The molecule has 0 saturated carbocycles. The van der Waals surface area contributed by atoms with Crippen molar-refractivity contribution in [1.82, 2.24) is 14.7 Å². The van der Waals surface area contributed by atoms with Gasteiger partial charge in [0, 0.05) is 43.6 Å². The Morgan fingerprint density at radius 2 is 2.00 bits per heavy atom. The summed E-state index contributed by atoms with van der Waals surface area (Å²) in [4.78, 5) is 2.29. The minimum atomic E-state index is 0.582. The van der Waals surface area contributed by atoms with E-state index < -0.39 is 0 Å². The lowest BCUT2D eigenvalue weighted by Gasteiger charge is -2.18. The Morgan fingerprint density at radius 3 is 2.61 bits per heavy atom. The number of ether oxygens (including phenoxy) is 2. The van der Waals surface area contributed by atoms with Crippen LogP contribution in [-0.4, -0.2) is 35.4 Å². The normalized spacial score (nSPS) is 11.2. The summed E-state index contributed by atoms with van der Waals surface area (Å²) >= 11 is 0. The lowest BCUT2D eigenvalue weighted by molar-refractivity contribution is 0.132. The molecule has 0 spiro atoms. The first-order valence-corrected chi connectivity index (χ1v) is 7.94. The zero-order valence-corrected chi connectivity index (χ0v) is 14.8. The fraction of sp³-hybridized carbons (Fsp3) is 0.500. The predicted octanol–water partition coefficient (Wildman–Crippen LogP) is 2.91. The molecule has 0 aliphatic rings. The molecule has 0 N–H and O–H groups in total. The Morgan fingerprint density at radius 1 is 1.22 bits per heavy atom. The molecule has 0 bridgehead atoms. The van der Waals surface area contributed by atoms with Gasteiger partial charge in [-0.05, 0) is 38.6 Å². The van der Waals surface area contributed by atoms with Crippen molar-refractivity contribution in [3.8, 4) is 5.75 Å². The molecule has 2 rings (SSSR count). The zero-order chi connectivity index (χ0) is 16.8. The molecule has 1 aromatic carbocycles. The lowest BCUT2D eigenvalue weighted by Crippen LogP contribution is -2.18. The average Bonchev–Trinajstić information content (AvgIpc) is 2.85. The summed E-state index contributed by atoms with van der Waals surface area (Å²) in [5, 5.41) is 4.30. The molecule has 0 aliphatic heterocycles. The molecule has 0 unspecified atom stereocenters. The summed E-state index contributed by atoms with van der Waals surface area (Å²) in [6, 6.07) is 6.30. The van der Waals surface area contributed by atoms with Crippen LogP contribution in [0.3, 0.4) is 0 Å². The van der Waals surface area contributed by atoms with E-state index in [2.05, 4.69) is 36.1 Å². The Bertz CT molecular complexity index is 637. The summed E-state index contributed by atoms with van der Waals surface area (Å²) in [6.45, 7) is 7.14. The number of benzene rings is 1. The molecule has 0 fully saturated rings. The Hall–Kier alpha value is -1.85. The molecule has 1 heterocycles. The largest absolute Gasteiger partial charge is 0.496 e. The third-order valence-corrected chi connectivity index (χ3v) is 4.04. The minimum absolute atomic E-state index is 0.582. The van der Waals surface area contributed by atoms with Crippen LogP contribution in [0.15, 0.2) is 24.4 Å². The monoisotopic (exact) mass is 317 g/mol. The molecule has 5 nitrogen and oxygen atoms in total. The smallest absolute Gasteiger partial charge is 0.124 e. The van der Waals surface area contributed by atoms with Crippen molar-refractivity contribution >= 4 is 0 Å². The van der Waals surface area contributed by atoms with Crippen molar-refractivity contribution in [3.05, 3.63) is 46.8 Å². The van der Waals surface area contributed by atoms with Gasteiger partial charge in [-0.25, -0.2) is 0 Å². The molecule has 1 aromatic heterocycles. The predicted molar refractivity (Wildman–Crippen MR) is 91.4 cm³/mol. The number of nitrogens with zero attached hydrogens (tertiary/aromatic N) is 3. The van der Waals surface area contributed by atoms with Gasteiger partial charge in [0.05, 0.1) is 19.9 Å². The molecule has 0 atom stereocenters. The van der Waals surface area contributed by atoms with Crippen LogP contribution in [0.2, 0.25) is 0 Å². The number of methoxy groups -OCH3 is 1. The van der Waals surface area contributed by atoms with Crippen molar-refractivity contribution in [3.63, 3.8) is 0 Å². The third kappa shape index (κ3) is 4.56. The molecular weight excluding hydrogens is 290 g/mol. The van der Waals surface area contributed by atoms with Gasteiger partial charge in [0.1, 0.15) is 5.75 Å². The van der Waals surface area contributed by atoms with Gasteiger partial charge in [0.2, 0.25) is 0 Å². The van der Waals surface area contributed by atoms with E-state index in [1.165, 1.54) is 16.8 Å². The topological polar surface area (TPSA) is 39.5 Å². The van der Waals surface area contributed by atoms with Gasteiger partial charge in [0.25, 0.3) is 0 Å². The molecular formula is C18H27N3O2. The second kappa shape index (κ2) is 8.13. The van der Waals surface area contributed by atoms with Crippen molar-refractivity contribution < 1.29 is 9.47 Å². The number of hydrogen-bond donors (Lipinski definition) is 0. The highest BCUT2D eigenvalue weighted by atomic mass is 16.5. The van der Waals surface area contributed by atoms with Crippen molar-refractivity contribution in [2.75, 3.05) is 20.8 Å². The molecule has 0 aliphatic carbocycles. The molecule has 0 saturated heterocycles. The van der Waals surface area contributed by atoms with Crippen LogP contribution >= 0.6 is 0 Å². The fourth-order valence-electron chi connectivity index (χ4n) is 2.61. The van der Waals surface area contributed by atoms with Crippen LogP contribution < -0.4 is 4.74 Å². The van der Waals surface area contributed by atoms with Crippen LogP contribution in [0.4, 0.5) is 0 Å². The van der Waals surface area contributed by atoms with Crippen LogP contribution in [-0.2, 0) is 31.5 Å². The maximum Gasteiger partial charge on any atom is 0.124 e. The summed E-state index contributed by atoms with van der Waals surface area (Å²) in [5.41, 5.74) is 4.82. The zero-order valence-electron chi connectivity index (χ0n) is 14.8. The van der Waals surface area contributed by atoms with E-state index in [1.54, 1.807) is 7.11 Å². The molecule has 126 valence electrons. The quantitative estimate of drug-likeness (QED) is 0.750. The Balaban J connectivity index is 2.05. The summed E-state index contributed by atoms with van der Waals surface area (Å²) in [7, 11) is 5.79. The van der Waals surface area contributed by atoms with Gasteiger partial charge in [-0.2, -0.15) is 5.10 Å². The van der Waals surface area contributed by atoms with E-state index in [1.807, 2.05) is 30.9 Å². The second-order valence-corrected chi connectivity index (χ2v) is 5.83. The first-order chi connectivity index (χ1) is 11.0. The average molecular weight is 317 g/mol. The van der Waals surface area contributed by atoms with Gasteiger partial charge in [0.15, 0.2) is 0 Å². The Kier molecular flexibility index (Phi) is 6.19. The van der Waals surface area contributed by atoms with E-state index in [-0.39, 0.29) is 0 Å². The standard InChI is InChI=1S/C18H27N3O2/c1-6-23-13-16-9-15(7-8-18(16)22-5)11-20(3)12-17-10-19-21(4)14(17)2/h7-10H,6,11-13H2,1-5H3. The summed E-state index contributed by atoms with van der Waals surface area (Å²) in [6.07, 6.45) is 1.94. The van der Waals surface area contributed by atoms with Gasteiger partial charge in [-0.1, -0.05) is 6.07 Å². The van der Waals surface area contributed by atoms with Crippen LogP contribution in [0, 0.1) is 6.92 Å². The Labute approximate surface area is 138 Å². The van der Waals surface area contributed by atoms with Crippen LogP contribution in [0.1, 0.15) is 29.3 Å². The maximum atomic E-state index is 5.53. The summed E-state index contributed by atoms with van der Waals surface area (Å²) < 4.78 is 12.9. The van der Waals surface area contributed by atoms with Crippen LogP contribution in [0.25, 0.3) is 0 Å². The maximum absolute atomic E-state index is 5.53. The number of aryl methyl sites for hydroxylation is 1. The molecule has 0 amide bonds. The van der Waals surface area contributed by atoms with E-state index in [4.69, 9.17) is 9.47 Å². The van der Waals surface area contributed by atoms with E-state index in [0.29, 0.717) is 13.2 Å². The third-order valence-electron chi connectivity index (χ3n) is 4.04. The highest BCUT2D eigenvalue weighted by Gasteiger charge is 2.10. The van der Waals surface area contributed by atoms with Gasteiger partial charge in [-0.15, -0.1) is 0 Å². The van der Waals surface area contributed by atoms with Crippen molar-refractivity contribution in [1.29, 1.82) is 0 Å². The van der Waals surface area contributed by atoms with Crippen LogP contribution in [0.5, 0.6) is 5.75 Å². The van der Waals surface area contributed by atoms with E-state index in [0.717, 1.165) is 24.4 Å². The first kappa shape index (κ1) is 17.5. The van der Waals surface area contributed by atoms with Gasteiger partial charge < -0.3 is 9.47 Å². The first-order valence-electron chi connectivity index (χ1n) is 7.94. The minimum Gasteiger partial charge on any atom is -0.496 e. The highest BCUT2D eigenvalue weighted by Crippen LogP contribution is 2.22. The van der Waals surface area contributed by atoms with E-state index >= 15 is 0 Å². The SMILES string of the molecule is CCOCc1cc(CN(C)Cc2cnn(C)c2C)ccc1OC. The second-order valence-electron chi connectivity index (χ2n) is 5.83. The molecule has 5 heteroatoms. The fourth-order valence-corrected chi connectivity index (χ4v) is 2.61. The summed E-state index contributed by atoms with van der Waals surface area (Å²) in [5.74, 6) is 0.882. The van der Waals surface area contributed by atoms with Crippen molar-refractivity contribution in [2.24, 2.45) is 7.05 Å². The number of hydrogen-bond acceptors (Lipinski definition) is 4. The van der Waals surface area contributed by atoms with Gasteiger partial charge >= 0.3 is 0 Å². The number of rotatable bonds is 8. The lowest BCUT2D eigenvalue weighted by atomic mass is 10.1. The molecule has 2 aromatic rings. The van der Waals surface area contributed by atoms with E-state index in [9.17, 15) is 0 Å². The van der Waals surface area contributed by atoms with Gasteiger partial charge in [-0.3, -0.25) is 9.58 Å². The molecule has 23 heavy (non-hydrogen) atoms. The number of aromatic nitrogens is 2. The molecule has 0 radical (unpaired) electrons. The highest BCUT2D eigenvalue weighted by molar-refractivity contribution is 5.37.